The molecule has 0 aliphatic carbocycles. The van der Waals surface area contributed by atoms with Crippen LogP contribution in [0.1, 0.15) is 18.5 Å². The highest BCUT2D eigenvalue weighted by atomic mass is 79.9. The summed E-state index contributed by atoms with van der Waals surface area (Å²) in [7, 11) is -3.58. The van der Waals surface area contributed by atoms with Crippen molar-refractivity contribution in [3.05, 3.63) is 44.7 Å². The molecule has 0 aliphatic rings. The van der Waals surface area contributed by atoms with Crippen LogP contribution in [0.3, 0.4) is 0 Å². The zero-order chi connectivity index (χ0) is 15.6. The summed E-state index contributed by atoms with van der Waals surface area (Å²) < 4.78 is 28.1. The molecule has 21 heavy (non-hydrogen) atoms. The van der Waals surface area contributed by atoms with Gasteiger partial charge in [0, 0.05) is 10.9 Å². The van der Waals surface area contributed by atoms with Crippen molar-refractivity contribution in [2.45, 2.75) is 22.1 Å². The molecule has 114 valence electrons. The summed E-state index contributed by atoms with van der Waals surface area (Å²) in [6.45, 7) is 1.82. The minimum atomic E-state index is -3.58. The van der Waals surface area contributed by atoms with E-state index in [1.165, 1.54) is 6.07 Å². The molecule has 0 fully saturated rings. The average Bonchev–Trinajstić information content (AvgIpc) is 2.79. The molecule has 8 heteroatoms. The van der Waals surface area contributed by atoms with Gasteiger partial charge in [0.2, 0.25) is 0 Å². The molecule has 1 atom stereocenters. The third-order valence-electron chi connectivity index (χ3n) is 2.84. The molecule has 0 saturated carbocycles. The highest BCUT2D eigenvalue weighted by Gasteiger charge is 2.21. The van der Waals surface area contributed by atoms with E-state index in [0.29, 0.717) is 8.81 Å². The van der Waals surface area contributed by atoms with Crippen LogP contribution >= 0.6 is 50.6 Å². The van der Waals surface area contributed by atoms with Gasteiger partial charge in [0.05, 0.1) is 8.81 Å². The Morgan fingerprint density at radius 2 is 1.95 bits per heavy atom. The number of nitrogens with one attached hydrogen (secondary N) is 1. The molecule has 2 aromatic rings. The van der Waals surface area contributed by atoms with Crippen LogP contribution < -0.4 is 4.72 Å². The van der Waals surface area contributed by atoms with Crippen LogP contribution in [0.2, 0.25) is 5.02 Å². The molecule has 1 N–H and O–H groups in total. The Morgan fingerprint density at radius 1 is 1.33 bits per heavy atom. The van der Waals surface area contributed by atoms with Gasteiger partial charge < -0.3 is 0 Å². The second-order valence-corrected chi connectivity index (χ2v) is 9.90. The normalized spacial score (nSPS) is 13.3. The van der Waals surface area contributed by atoms with E-state index in [0.717, 1.165) is 21.8 Å². The monoisotopic (exact) mass is 425 g/mol. The molecule has 2 rings (SSSR count). The molecule has 0 spiro atoms. The Bertz CT molecular complexity index is 709. The van der Waals surface area contributed by atoms with Crippen LogP contribution in [0.5, 0.6) is 0 Å². The first-order valence-electron chi connectivity index (χ1n) is 5.94. The van der Waals surface area contributed by atoms with Crippen LogP contribution in [0.25, 0.3) is 0 Å². The fraction of sp³-hybridized carbons (Fsp3) is 0.231. The van der Waals surface area contributed by atoms with Crippen LogP contribution in [0.4, 0.5) is 0 Å². The topological polar surface area (TPSA) is 46.2 Å². The molecule has 0 radical (unpaired) electrons. The van der Waals surface area contributed by atoms with Crippen molar-refractivity contribution in [1.29, 1.82) is 0 Å². The van der Waals surface area contributed by atoms with Gasteiger partial charge in [0.1, 0.15) is 4.21 Å². The summed E-state index contributed by atoms with van der Waals surface area (Å²) in [5, 5.41) is 0.400. The number of thiophene rings is 1. The van der Waals surface area contributed by atoms with Gasteiger partial charge in [-0.3, -0.25) is 0 Å². The van der Waals surface area contributed by atoms with Crippen LogP contribution in [-0.4, -0.2) is 14.7 Å². The third-order valence-corrected chi connectivity index (χ3v) is 8.07. The molecule has 0 saturated heterocycles. The molecule has 0 bridgehead atoms. The van der Waals surface area contributed by atoms with Crippen molar-refractivity contribution in [1.82, 2.24) is 4.72 Å². The summed E-state index contributed by atoms with van der Waals surface area (Å²) in [5.41, 5.74) is 0.915. The Morgan fingerprint density at radius 3 is 2.43 bits per heavy atom. The van der Waals surface area contributed by atoms with E-state index in [1.54, 1.807) is 11.8 Å². The van der Waals surface area contributed by atoms with E-state index in [2.05, 4.69) is 20.7 Å². The molecule has 1 aromatic heterocycles. The number of rotatable bonds is 5. The number of thioether (sulfide) groups is 1. The number of sulfonamides is 1. The number of hydrogen-bond donors (Lipinski definition) is 1. The van der Waals surface area contributed by atoms with Gasteiger partial charge in [-0.15, -0.1) is 23.1 Å². The SMILES string of the molecule is CSc1ccc(C(C)NS(=O)(=O)c2cc(Cl)c(Br)s2)cc1. The maximum atomic E-state index is 12.3. The summed E-state index contributed by atoms with van der Waals surface area (Å²) in [6, 6.07) is 8.94. The average molecular weight is 427 g/mol. The first-order chi connectivity index (χ1) is 9.83. The molecule has 3 nitrogen and oxygen atoms in total. The lowest BCUT2D eigenvalue weighted by atomic mass is 10.1. The maximum absolute atomic E-state index is 12.3. The van der Waals surface area contributed by atoms with Crippen molar-refractivity contribution in [2.24, 2.45) is 0 Å². The summed E-state index contributed by atoms with van der Waals surface area (Å²) in [4.78, 5) is 1.14. The Kier molecular flexibility index (Phi) is 5.78. The first-order valence-corrected chi connectivity index (χ1v) is 10.6. The van der Waals surface area contributed by atoms with Crippen molar-refractivity contribution in [3.63, 3.8) is 0 Å². The highest BCUT2D eigenvalue weighted by molar-refractivity contribution is 9.11. The lowest BCUT2D eigenvalue weighted by Gasteiger charge is -2.14. The Hall–Kier alpha value is -0.0500. The lowest BCUT2D eigenvalue weighted by Crippen LogP contribution is -2.26. The molecular formula is C13H13BrClNO2S3. The van der Waals surface area contributed by atoms with Crippen molar-refractivity contribution >= 4 is 60.7 Å². The minimum absolute atomic E-state index is 0.201. The Balaban J connectivity index is 2.18. The Labute approximate surface area is 146 Å². The van der Waals surface area contributed by atoms with E-state index in [-0.39, 0.29) is 10.3 Å². The minimum Gasteiger partial charge on any atom is -0.206 e. The maximum Gasteiger partial charge on any atom is 0.250 e. The van der Waals surface area contributed by atoms with Crippen LogP contribution in [0, 0.1) is 0 Å². The van der Waals surface area contributed by atoms with Crippen LogP contribution in [-0.2, 0) is 10.0 Å². The van der Waals surface area contributed by atoms with E-state index < -0.39 is 10.0 Å². The molecule has 1 aromatic carbocycles. The van der Waals surface area contributed by atoms with Crippen molar-refractivity contribution < 1.29 is 8.42 Å². The summed E-state index contributed by atoms with van der Waals surface area (Å²) in [5.74, 6) is 0. The molecule has 0 aliphatic heterocycles. The van der Waals surface area contributed by atoms with Gasteiger partial charge in [-0.05, 0) is 52.9 Å². The summed E-state index contributed by atoms with van der Waals surface area (Å²) in [6.07, 6.45) is 2.00. The van der Waals surface area contributed by atoms with E-state index in [9.17, 15) is 8.42 Å². The number of halogens is 2. The lowest BCUT2D eigenvalue weighted by molar-refractivity contribution is 0.569. The predicted molar refractivity (Wildman–Crippen MR) is 94.0 cm³/mol. The quantitative estimate of drug-likeness (QED) is 0.690. The first kappa shape index (κ1) is 17.3. The van der Waals surface area contributed by atoms with E-state index >= 15 is 0 Å². The second-order valence-electron chi connectivity index (χ2n) is 4.30. The van der Waals surface area contributed by atoms with E-state index in [4.69, 9.17) is 11.6 Å². The molecule has 1 heterocycles. The van der Waals surface area contributed by atoms with Gasteiger partial charge in [-0.2, -0.15) is 0 Å². The standard InChI is InChI=1S/C13H13BrClNO2S3/c1-8(9-3-5-10(19-2)6-4-9)16-21(17,18)12-7-11(15)13(14)20-12/h3-8,16H,1-2H3. The van der Waals surface area contributed by atoms with Gasteiger partial charge in [0.25, 0.3) is 10.0 Å². The largest absolute Gasteiger partial charge is 0.250 e. The molecule has 0 amide bonds. The van der Waals surface area contributed by atoms with Gasteiger partial charge in [-0.1, -0.05) is 23.7 Å². The molecule has 1 unspecified atom stereocenters. The van der Waals surface area contributed by atoms with Crippen molar-refractivity contribution in [2.75, 3.05) is 6.26 Å². The van der Waals surface area contributed by atoms with Gasteiger partial charge in [0.15, 0.2) is 0 Å². The fourth-order valence-corrected chi connectivity index (χ4v) is 5.77. The molecular weight excluding hydrogens is 414 g/mol. The highest BCUT2D eigenvalue weighted by Crippen LogP contribution is 2.35. The summed E-state index contributed by atoms with van der Waals surface area (Å²) >= 11 is 11.9. The predicted octanol–water partition coefficient (Wildman–Crippen LogP) is 4.93. The van der Waals surface area contributed by atoms with Crippen LogP contribution in [0.15, 0.2) is 43.2 Å². The van der Waals surface area contributed by atoms with Gasteiger partial charge >= 0.3 is 0 Å². The van der Waals surface area contributed by atoms with Gasteiger partial charge in [-0.25, -0.2) is 13.1 Å². The third kappa shape index (κ3) is 4.24. The van der Waals surface area contributed by atoms with Crippen molar-refractivity contribution in [3.8, 4) is 0 Å². The number of hydrogen-bond acceptors (Lipinski definition) is 4. The zero-order valence-corrected chi connectivity index (χ0v) is 16.1. The van der Waals surface area contributed by atoms with E-state index in [1.807, 2.05) is 37.4 Å². The second kappa shape index (κ2) is 7.02. The number of benzene rings is 1. The fourth-order valence-electron chi connectivity index (χ4n) is 1.71. The smallest absolute Gasteiger partial charge is 0.206 e. The zero-order valence-electron chi connectivity index (χ0n) is 11.3.